The van der Waals surface area contributed by atoms with E-state index in [4.69, 9.17) is 4.99 Å². The molecule has 2 saturated carbocycles. The molecular weight excluding hydrogens is 276 g/mol. The first kappa shape index (κ1) is 15.6. The lowest BCUT2D eigenvalue weighted by atomic mass is 10.0. The van der Waals surface area contributed by atoms with Gasteiger partial charge in [0.15, 0.2) is 5.96 Å². The Bertz CT molecular complexity index is 440. The minimum absolute atomic E-state index is 0.261. The number of aliphatic imine (C=N–C) groups is 1. The topological polar surface area (TPSA) is 56.7 Å². The Morgan fingerprint density at radius 1 is 1.27 bits per heavy atom. The van der Waals surface area contributed by atoms with Gasteiger partial charge in [-0.3, -0.25) is 9.79 Å². The molecule has 2 aliphatic carbocycles. The van der Waals surface area contributed by atoms with Crippen LogP contribution < -0.4 is 10.6 Å². The molecule has 3 aliphatic rings. The van der Waals surface area contributed by atoms with Gasteiger partial charge in [0.25, 0.3) is 0 Å². The van der Waals surface area contributed by atoms with E-state index in [1.165, 1.54) is 25.7 Å². The average Bonchev–Trinajstić information content (AvgIpc) is 3.42. The van der Waals surface area contributed by atoms with Gasteiger partial charge in [0.2, 0.25) is 5.91 Å². The van der Waals surface area contributed by atoms with Crippen molar-refractivity contribution >= 4 is 11.9 Å². The molecule has 0 radical (unpaired) electrons. The quantitative estimate of drug-likeness (QED) is 0.580. The minimum atomic E-state index is 0.261. The highest BCUT2D eigenvalue weighted by molar-refractivity contribution is 5.80. The summed E-state index contributed by atoms with van der Waals surface area (Å²) < 4.78 is 0. The minimum Gasteiger partial charge on any atom is -0.357 e. The number of rotatable bonds is 6. The number of carbonyl (C=O) groups is 1. The van der Waals surface area contributed by atoms with Gasteiger partial charge in [-0.1, -0.05) is 6.92 Å². The molecule has 2 N–H and O–H groups in total. The lowest BCUT2D eigenvalue weighted by Gasteiger charge is -2.19. The molecule has 1 amide bonds. The molecule has 5 heteroatoms. The first-order valence-corrected chi connectivity index (χ1v) is 8.99. The van der Waals surface area contributed by atoms with Gasteiger partial charge in [0.1, 0.15) is 0 Å². The predicted molar refractivity (Wildman–Crippen MR) is 88.8 cm³/mol. The largest absolute Gasteiger partial charge is 0.357 e. The van der Waals surface area contributed by atoms with E-state index in [1.54, 1.807) is 0 Å². The van der Waals surface area contributed by atoms with Crippen molar-refractivity contribution in [3.63, 3.8) is 0 Å². The Hall–Kier alpha value is -1.26. The maximum Gasteiger partial charge on any atom is 0.222 e. The lowest BCUT2D eigenvalue weighted by molar-refractivity contribution is -0.129. The van der Waals surface area contributed by atoms with Crippen LogP contribution in [0.25, 0.3) is 0 Å². The van der Waals surface area contributed by atoms with Crippen LogP contribution in [0.5, 0.6) is 0 Å². The van der Waals surface area contributed by atoms with E-state index >= 15 is 0 Å². The zero-order valence-electron chi connectivity index (χ0n) is 14.0. The summed E-state index contributed by atoms with van der Waals surface area (Å²) in [5.74, 6) is 2.14. The van der Waals surface area contributed by atoms with E-state index < -0.39 is 0 Å². The summed E-state index contributed by atoms with van der Waals surface area (Å²) in [7, 11) is 0. The molecule has 0 aromatic heterocycles. The molecule has 0 spiro atoms. The fourth-order valence-corrected chi connectivity index (χ4v) is 3.63. The van der Waals surface area contributed by atoms with Crippen molar-refractivity contribution in [3.8, 4) is 0 Å². The standard InChI is InChI=1S/C17H30N4O/c1-3-15(22)21-10-7-14(11-21)20-16(18-4-2)19-12-17(8-9-17)13-5-6-13/h13-14H,3-12H2,1-2H3,(H2,18,19,20). The van der Waals surface area contributed by atoms with Crippen LogP contribution in [0.15, 0.2) is 4.99 Å². The van der Waals surface area contributed by atoms with E-state index in [2.05, 4.69) is 17.6 Å². The molecule has 1 unspecified atom stereocenters. The van der Waals surface area contributed by atoms with Crippen LogP contribution in [0.3, 0.4) is 0 Å². The molecule has 1 heterocycles. The maximum absolute atomic E-state index is 11.8. The number of amides is 1. The van der Waals surface area contributed by atoms with Gasteiger partial charge in [-0.2, -0.15) is 0 Å². The molecule has 0 aromatic rings. The van der Waals surface area contributed by atoms with Crippen LogP contribution >= 0.6 is 0 Å². The summed E-state index contributed by atoms with van der Waals surface area (Å²) in [5, 5.41) is 6.89. The number of likely N-dealkylation sites (tertiary alicyclic amines) is 1. The highest BCUT2D eigenvalue weighted by Crippen LogP contribution is 2.61. The highest BCUT2D eigenvalue weighted by atomic mass is 16.2. The number of nitrogens with one attached hydrogen (secondary N) is 2. The Morgan fingerprint density at radius 3 is 2.64 bits per heavy atom. The van der Waals surface area contributed by atoms with Crippen LogP contribution in [-0.2, 0) is 4.79 Å². The molecule has 3 rings (SSSR count). The second-order valence-electron chi connectivity index (χ2n) is 7.16. The van der Waals surface area contributed by atoms with Crippen molar-refractivity contribution < 1.29 is 4.79 Å². The zero-order chi connectivity index (χ0) is 15.6. The molecule has 0 bridgehead atoms. The maximum atomic E-state index is 11.8. The summed E-state index contributed by atoms with van der Waals surface area (Å²) in [4.78, 5) is 18.6. The van der Waals surface area contributed by atoms with E-state index in [0.29, 0.717) is 17.9 Å². The Labute approximate surface area is 133 Å². The van der Waals surface area contributed by atoms with Crippen LogP contribution in [0.2, 0.25) is 0 Å². The Kier molecular flexibility index (Phi) is 4.59. The van der Waals surface area contributed by atoms with Crippen LogP contribution in [0.4, 0.5) is 0 Å². The first-order chi connectivity index (χ1) is 10.7. The third-order valence-electron chi connectivity index (χ3n) is 5.42. The van der Waals surface area contributed by atoms with Gasteiger partial charge in [0, 0.05) is 38.6 Å². The fraction of sp³-hybridized carbons (Fsp3) is 0.882. The van der Waals surface area contributed by atoms with Gasteiger partial charge in [-0.25, -0.2) is 0 Å². The fourth-order valence-electron chi connectivity index (χ4n) is 3.63. The van der Waals surface area contributed by atoms with Crippen molar-refractivity contribution in [2.75, 3.05) is 26.2 Å². The van der Waals surface area contributed by atoms with E-state index in [9.17, 15) is 4.79 Å². The number of hydrogen-bond donors (Lipinski definition) is 2. The second kappa shape index (κ2) is 6.47. The predicted octanol–water partition coefficient (Wildman–Crippen LogP) is 1.74. The molecule has 5 nitrogen and oxygen atoms in total. The molecule has 1 atom stereocenters. The Morgan fingerprint density at radius 2 is 2.05 bits per heavy atom. The zero-order valence-corrected chi connectivity index (χ0v) is 14.0. The van der Waals surface area contributed by atoms with Gasteiger partial charge in [-0.15, -0.1) is 0 Å². The summed E-state index contributed by atoms with van der Waals surface area (Å²) in [6.07, 6.45) is 7.17. The molecule has 1 aliphatic heterocycles. The molecular formula is C17H30N4O. The van der Waals surface area contributed by atoms with Crippen molar-refractivity contribution in [1.29, 1.82) is 0 Å². The van der Waals surface area contributed by atoms with E-state index in [-0.39, 0.29) is 5.91 Å². The molecule has 1 saturated heterocycles. The third-order valence-corrected chi connectivity index (χ3v) is 5.42. The molecule has 3 fully saturated rings. The van der Waals surface area contributed by atoms with Gasteiger partial charge >= 0.3 is 0 Å². The summed E-state index contributed by atoms with van der Waals surface area (Å²) in [6.45, 7) is 7.57. The molecule has 124 valence electrons. The van der Waals surface area contributed by atoms with Gasteiger partial charge in [-0.05, 0) is 50.4 Å². The smallest absolute Gasteiger partial charge is 0.222 e. The lowest BCUT2D eigenvalue weighted by Crippen LogP contribution is -2.45. The molecule has 22 heavy (non-hydrogen) atoms. The SMILES string of the molecule is CCNC(=NCC1(C2CC2)CC1)NC1CCN(C(=O)CC)C1. The number of guanidine groups is 1. The molecule has 0 aromatic carbocycles. The van der Waals surface area contributed by atoms with Crippen LogP contribution in [-0.4, -0.2) is 49.0 Å². The van der Waals surface area contributed by atoms with Crippen LogP contribution in [0.1, 0.15) is 52.4 Å². The normalized spacial score (nSPS) is 26.9. The number of carbonyl (C=O) groups excluding carboxylic acids is 1. The van der Waals surface area contributed by atoms with Crippen LogP contribution in [0, 0.1) is 11.3 Å². The highest BCUT2D eigenvalue weighted by Gasteiger charge is 2.53. The van der Waals surface area contributed by atoms with Crippen molar-refractivity contribution in [2.45, 2.75) is 58.4 Å². The summed E-state index contributed by atoms with van der Waals surface area (Å²) in [5.41, 5.74) is 0.544. The summed E-state index contributed by atoms with van der Waals surface area (Å²) in [6, 6.07) is 0.337. The first-order valence-electron chi connectivity index (χ1n) is 8.99. The monoisotopic (exact) mass is 306 g/mol. The summed E-state index contributed by atoms with van der Waals surface area (Å²) >= 11 is 0. The van der Waals surface area contributed by atoms with Crippen molar-refractivity contribution in [3.05, 3.63) is 0 Å². The van der Waals surface area contributed by atoms with E-state index in [0.717, 1.165) is 44.5 Å². The Balaban J connectivity index is 1.52. The average molecular weight is 306 g/mol. The third kappa shape index (κ3) is 3.55. The van der Waals surface area contributed by atoms with Gasteiger partial charge < -0.3 is 15.5 Å². The van der Waals surface area contributed by atoms with Gasteiger partial charge in [0.05, 0.1) is 0 Å². The van der Waals surface area contributed by atoms with E-state index in [1.807, 2.05) is 11.8 Å². The number of hydrogen-bond acceptors (Lipinski definition) is 2. The second-order valence-corrected chi connectivity index (χ2v) is 7.16. The number of nitrogens with zero attached hydrogens (tertiary/aromatic N) is 2. The van der Waals surface area contributed by atoms with Crippen molar-refractivity contribution in [1.82, 2.24) is 15.5 Å². The van der Waals surface area contributed by atoms with Crippen molar-refractivity contribution in [2.24, 2.45) is 16.3 Å².